The molecule has 0 radical (unpaired) electrons. The summed E-state index contributed by atoms with van der Waals surface area (Å²) in [6, 6.07) is 15.1. The number of rotatable bonds is 10. The lowest BCUT2D eigenvalue weighted by atomic mass is 10.1. The van der Waals surface area contributed by atoms with E-state index in [2.05, 4.69) is 5.32 Å². The van der Waals surface area contributed by atoms with Crippen molar-refractivity contribution < 1.29 is 9.59 Å². The van der Waals surface area contributed by atoms with Crippen molar-refractivity contribution in [2.24, 2.45) is 0 Å². The summed E-state index contributed by atoms with van der Waals surface area (Å²) in [5.74, 6) is 0.0694. The Morgan fingerprint density at radius 1 is 1.07 bits per heavy atom. The van der Waals surface area contributed by atoms with E-state index in [1.807, 2.05) is 70.2 Å². The predicted octanol–water partition coefficient (Wildman–Crippen LogP) is 5.46. The molecule has 2 rings (SSSR count). The third kappa shape index (κ3) is 7.06. The fourth-order valence-corrected chi connectivity index (χ4v) is 4.01. The number of halogens is 1. The summed E-state index contributed by atoms with van der Waals surface area (Å²) in [6.45, 7) is 8.27. The molecule has 0 aliphatic carbocycles. The lowest BCUT2D eigenvalue weighted by Gasteiger charge is -2.31. The second-order valence-corrected chi connectivity index (χ2v) is 8.91. The monoisotopic (exact) mass is 446 g/mol. The van der Waals surface area contributed by atoms with Crippen molar-refractivity contribution in [2.45, 2.75) is 64.1 Å². The zero-order chi connectivity index (χ0) is 22.1. The standard InChI is InChI=1S/C24H31ClN2O2S/c1-5-18(4)26-24(29)22(6-2)27(15-19-9-7-8-10-21(19)25)23(28)16-30-20-13-11-17(3)12-14-20/h7-14,18,22H,5-6,15-16H2,1-4H3,(H,26,29)/t18-,22+/m0/s1. The van der Waals surface area contributed by atoms with Gasteiger partial charge in [0.05, 0.1) is 5.75 Å². The molecule has 0 aliphatic rings. The van der Waals surface area contributed by atoms with Crippen LogP contribution in [0.2, 0.25) is 5.02 Å². The van der Waals surface area contributed by atoms with Gasteiger partial charge in [-0.1, -0.05) is 61.3 Å². The van der Waals surface area contributed by atoms with Crippen molar-refractivity contribution in [3.05, 3.63) is 64.7 Å². The highest BCUT2D eigenvalue weighted by Gasteiger charge is 2.29. The molecule has 0 heterocycles. The molecule has 0 saturated carbocycles. The van der Waals surface area contributed by atoms with E-state index in [0.717, 1.165) is 16.9 Å². The molecule has 0 spiro atoms. The van der Waals surface area contributed by atoms with Gasteiger partial charge in [0.15, 0.2) is 0 Å². The van der Waals surface area contributed by atoms with Gasteiger partial charge >= 0.3 is 0 Å². The number of aryl methyl sites for hydroxylation is 1. The van der Waals surface area contributed by atoms with E-state index in [4.69, 9.17) is 11.6 Å². The maximum Gasteiger partial charge on any atom is 0.243 e. The van der Waals surface area contributed by atoms with Gasteiger partial charge < -0.3 is 10.2 Å². The Kier molecular flexibility index (Phi) is 9.73. The van der Waals surface area contributed by atoms with E-state index in [9.17, 15) is 9.59 Å². The van der Waals surface area contributed by atoms with Gasteiger partial charge in [0.25, 0.3) is 0 Å². The maximum atomic E-state index is 13.2. The molecular formula is C24H31ClN2O2S. The molecule has 2 aromatic carbocycles. The molecule has 0 unspecified atom stereocenters. The molecule has 0 aliphatic heterocycles. The number of amides is 2. The van der Waals surface area contributed by atoms with Gasteiger partial charge in [0.1, 0.15) is 6.04 Å². The first-order valence-corrected chi connectivity index (χ1v) is 11.7. The number of hydrogen-bond donors (Lipinski definition) is 1. The summed E-state index contributed by atoms with van der Waals surface area (Å²) in [5, 5.41) is 3.62. The number of nitrogens with one attached hydrogen (secondary N) is 1. The van der Waals surface area contributed by atoms with Crippen LogP contribution in [0.5, 0.6) is 0 Å². The van der Waals surface area contributed by atoms with Crippen molar-refractivity contribution in [1.82, 2.24) is 10.2 Å². The van der Waals surface area contributed by atoms with Crippen LogP contribution in [0.3, 0.4) is 0 Å². The molecular weight excluding hydrogens is 416 g/mol. The highest BCUT2D eigenvalue weighted by Crippen LogP contribution is 2.23. The molecule has 162 valence electrons. The van der Waals surface area contributed by atoms with Crippen molar-refractivity contribution in [3.8, 4) is 0 Å². The molecule has 0 fully saturated rings. The lowest BCUT2D eigenvalue weighted by molar-refractivity contribution is -0.139. The summed E-state index contributed by atoms with van der Waals surface area (Å²) in [7, 11) is 0. The molecule has 30 heavy (non-hydrogen) atoms. The molecule has 2 amide bonds. The fraction of sp³-hybridized carbons (Fsp3) is 0.417. The summed E-state index contributed by atoms with van der Waals surface area (Å²) in [6.07, 6.45) is 1.37. The van der Waals surface area contributed by atoms with Gasteiger partial charge in [-0.15, -0.1) is 11.8 Å². The minimum absolute atomic E-state index is 0.0609. The lowest BCUT2D eigenvalue weighted by Crippen LogP contribution is -2.51. The van der Waals surface area contributed by atoms with Crippen LogP contribution in [0, 0.1) is 6.92 Å². The number of hydrogen-bond acceptors (Lipinski definition) is 3. The van der Waals surface area contributed by atoms with Crippen LogP contribution < -0.4 is 5.32 Å². The molecule has 0 aromatic heterocycles. The average Bonchev–Trinajstić information content (AvgIpc) is 2.74. The summed E-state index contributed by atoms with van der Waals surface area (Å²) < 4.78 is 0. The molecule has 2 atom stereocenters. The highest BCUT2D eigenvalue weighted by atomic mass is 35.5. The zero-order valence-electron chi connectivity index (χ0n) is 18.2. The number of carbonyl (C=O) groups excluding carboxylic acids is 2. The smallest absolute Gasteiger partial charge is 0.243 e. The first-order chi connectivity index (χ1) is 14.3. The molecule has 0 bridgehead atoms. The van der Waals surface area contributed by atoms with Crippen LogP contribution in [0.1, 0.15) is 44.7 Å². The van der Waals surface area contributed by atoms with Crippen molar-refractivity contribution in [1.29, 1.82) is 0 Å². The Morgan fingerprint density at radius 3 is 2.33 bits per heavy atom. The first-order valence-electron chi connectivity index (χ1n) is 10.4. The molecule has 2 aromatic rings. The van der Waals surface area contributed by atoms with Gasteiger partial charge in [0, 0.05) is 22.5 Å². The fourth-order valence-electron chi connectivity index (χ4n) is 3.03. The molecule has 6 heteroatoms. The third-order valence-corrected chi connectivity index (χ3v) is 6.43. The molecule has 1 N–H and O–H groups in total. The van der Waals surface area contributed by atoms with E-state index in [1.54, 1.807) is 11.0 Å². The van der Waals surface area contributed by atoms with Crippen LogP contribution in [0.25, 0.3) is 0 Å². The summed E-state index contributed by atoms with van der Waals surface area (Å²) in [4.78, 5) is 28.9. The normalized spacial score (nSPS) is 12.8. The Labute approximate surface area is 189 Å². The van der Waals surface area contributed by atoms with Crippen molar-refractivity contribution in [2.75, 3.05) is 5.75 Å². The Morgan fingerprint density at radius 2 is 1.73 bits per heavy atom. The van der Waals surface area contributed by atoms with Crippen LogP contribution in [-0.2, 0) is 16.1 Å². The van der Waals surface area contributed by atoms with Gasteiger partial charge in [-0.25, -0.2) is 0 Å². The van der Waals surface area contributed by atoms with E-state index in [-0.39, 0.29) is 23.6 Å². The van der Waals surface area contributed by atoms with Gasteiger partial charge in [-0.3, -0.25) is 9.59 Å². The number of nitrogens with zero attached hydrogens (tertiary/aromatic N) is 1. The zero-order valence-corrected chi connectivity index (χ0v) is 19.7. The topological polar surface area (TPSA) is 49.4 Å². The summed E-state index contributed by atoms with van der Waals surface area (Å²) >= 11 is 7.83. The predicted molar refractivity (Wildman–Crippen MR) is 126 cm³/mol. The van der Waals surface area contributed by atoms with Crippen molar-refractivity contribution >= 4 is 35.2 Å². The minimum Gasteiger partial charge on any atom is -0.352 e. The molecule has 4 nitrogen and oxygen atoms in total. The minimum atomic E-state index is -0.540. The number of carbonyl (C=O) groups is 2. The van der Waals surface area contributed by atoms with Crippen molar-refractivity contribution in [3.63, 3.8) is 0 Å². The van der Waals surface area contributed by atoms with Gasteiger partial charge in [-0.2, -0.15) is 0 Å². The highest BCUT2D eigenvalue weighted by molar-refractivity contribution is 8.00. The Balaban J connectivity index is 2.21. The SMILES string of the molecule is CC[C@H](C(=O)N[C@@H](C)CC)N(Cc1ccccc1Cl)C(=O)CSc1ccc(C)cc1. The Hall–Kier alpha value is -1.98. The van der Waals surface area contributed by atoms with Crippen LogP contribution in [0.15, 0.2) is 53.4 Å². The average molecular weight is 447 g/mol. The second-order valence-electron chi connectivity index (χ2n) is 7.46. The van der Waals surface area contributed by atoms with Crippen LogP contribution >= 0.6 is 23.4 Å². The Bertz CT molecular complexity index is 841. The van der Waals surface area contributed by atoms with E-state index < -0.39 is 6.04 Å². The maximum absolute atomic E-state index is 13.2. The van der Waals surface area contributed by atoms with E-state index in [0.29, 0.717) is 18.0 Å². The first kappa shape index (κ1) is 24.3. The second kappa shape index (κ2) is 12.0. The van der Waals surface area contributed by atoms with E-state index >= 15 is 0 Å². The summed E-state index contributed by atoms with van der Waals surface area (Å²) in [5.41, 5.74) is 2.02. The number of benzene rings is 2. The van der Waals surface area contributed by atoms with Crippen LogP contribution in [0.4, 0.5) is 0 Å². The largest absolute Gasteiger partial charge is 0.352 e. The number of thioether (sulfide) groups is 1. The van der Waals surface area contributed by atoms with E-state index in [1.165, 1.54) is 17.3 Å². The van der Waals surface area contributed by atoms with Crippen LogP contribution in [-0.4, -0.2) is 34.6 Å². The van der Waals surface area contributed by atoms with Gasteiger partial charge in [-0.05, 0) is 50.5 Å². The molecule has 0 saturated heterocycles. The van der Waals surface area contributed by atoms with Gasteiger partial charge in [0.2, 0.25) is 11.8 Å². The third-order valence-electron chi connectivity index (χ3n) is 5.07. The quantitative estimate of drug-likeness (QED) is 0.493.